The molecule has 0 unspecified atom stereocenters. The van der Waals surface area contributed by atoms with Gasteiger partial charge >= 0.3 is 0 Å². The zero-order chi connectivity index (χ0) is 17.6. The van der Waals surface area contributed by atoms with E-state index in [0.717, 1.165) is 5.57 Å². The summed E-state index contributed by atoms with van der Waals surface area (Å²) in [6, 6.07) is 7.54. The number of pyridine rings is 1. The lowest BCUT2D eigenvalue weighted by Gasteiger charge is -2.35. The van der Waals surface area contributed by atoms with Crippen molar-refractivity contribution in [2.75, 3.05) is 5.73 Å². The Balaban J connectivity index is 2.37. The van der Waals surface area contributed by atoms with Gasteiger partial charge in [-0.2, -0.15) is 0 Å². The molecule has 7 nitrogen and oxygen atoms in total. The molecule has 0 atom stereocenters. The maximum atomic E-state index is 12.5. The van der Waals surface area contributed by atoms with Crippen LogP contribution in [-0.2, 0) is 0 Å². The van der Waals surface area contributed by atoms with E-state index >= 15 is 0 Å². The van der Waals surface area contributed by atoms with E-state index in [1.807, 2.05) is 20.8 Å². The van der Waals surface area contributed by atoms with Gasteiger partial charge in [0.05, 0.1) is 16.3 Å². The third kappa shape index (κ3) is 2.34. The van der Waals surface area contributed by atoms with Crippen molar-refractivity contribution in [3.63, 3.8) is 0 Å². The number of ether oxygens (including phenoxy) is 1. The van der Waals surface area contributed by atoms with Crippen molar-refractivity contribution >= 4 is 17.1 Å². The minimum absolute atomic E-state index is 0.0701. The number of nitrogen functional groups attached to an aromatic ring is 1. The molecule has 2 heterocycles. The molecule has 124 valence electrons. The molecule has 2 aromatic rings. The van der Waals surface area contributed by atoms with Gasteiger partial charge in [0.1, 0.15) is 11.4 Å². The average Bonchev–Trinajstić information content (AvgIpc) is 2.51. The van der Waals surface area contributed by atoms with Crippen LogP contribution in [0.25, 0.3) is 5.70 Å². The van der Waals surface area contributed by atoms with E-state index in [-0.39, 0.29) is 16.9 Å². The van der Waals surface area contributed by atoms with Gasteiger partial charge in [-0.3, -0.25) is 19.5 Å². The van der Waals surface area contributed by atoms with Crippen molar-refractivity contribution in [2.45, 2.75) is 26.4 Å². The molecule has 1 aromatic carbocycles. The summed E-state index contributed by atoms with van der Waals surface area (Å²) in [5.41, 5.74) is 6.57. The van der Waals surface area contributed by atoms with Gasteiger partial charge in [-0.1, -0.05) is 0 Å². The summed E-state index contributed by atoms with van der Waals surface area (Å²) in [7, 11) is 0. The molecule has 1 aliphatic heterocycles. The van der Waals surface area contributed by atoms with Crippen LogP contribution < -0.4 is 16.0 Å². The van der Waals surface area contributed by atoms with Crippen molar-refractivity contribution in [2.24, 2.45) is 0 Å². The Morgan fingerprint density at radius 3 is 2.67 bits per heavy atom. The maximum absolute atomic E-state index is 12.5. The molecule has 1 aromatic heterocycles. The highest BCUT2D eigenvalue weighted by Gasteiger charge is 2.34. The number of nitro benzene ring substituents is 1. The first kappa shape index (κ1) is 15.8. The number of nitrogens with two attached hydrogens (primary N) is 1. The second-order valence-corrected chi connectivity index (χ2v) is 6.16. The molecule has 0 fully saturated rings. The minimum atomic E-state index is -0.664. The van der Waals surface area contributed by atoms with E-state index < -0.39 is 10.5 Å². The van der Waals surface area contributed by atoms with Gasteiger partial charge in [0.2, 0.25) is 0 Å². The standard InChI is InChI=1S/C17H17N3O4/c1-10-15(19-8-4-5-13(18)16(19)21)12-9-11(20(22)23)6-7-14(12)24-17(10,2)3/h4-9H,18H2,1-3H3. The highest BCUT2D eigenvalue weighted by atomic mass is 16.6. The molecule has 0 saturated carbocycles. The Hall–Kier alpha value is -3.09. The average molecular weight is 327 g/mol. The van der Waals surface area contributed by atoms with Gasteiger partial charge in [-0.25, -0.2) is 0 Å². The fourth-order valence-corrected chi connectivity index (χ4v) is 2.74. The Bertz CT molecular complexity index is 941. The van der Waals surface area contributed by atoms with Crippen LogP contribution in [0.5, 0.6) is 5.75 Å². The zero-order valence-electron chi connectivity index (χ0n) is 13.6. The van der Waals surface area contributed by atoms with Crippen molar-refractivity contribution in [3.8, 4) is 5.75 Å². The van der Waals surface area contributed by atoms with E-state index in [1.54, 1.807) is 18.3 Å². The molecule has 7 heteroatoms. The largest absolute Gasteiger partial charge is 0.483 e. The first-order chi connectivity index (χ1) is 11.2. The van der Waals surface area contributed by atoms with E-state index in [4.69, 9.17) is 10.5 Å². The van der Waals surface area contributed by atoms with E-state index in [0.29, 0.717) is 17.0 Å². The molecule has 1 aliphatic rings. The summed E-state index contributed by atoms with van der Waals surface area (Å²) in [4.78, 5) is 23.1. The summed E-state index contributed by atoms with van der Waals surface area (Å²) >= 11 is 0. The lowest BCUT2D eigenvalue weighted by atomic mass is 9.90. The van der Waals surface area contributed by atoms with Crippen molar-refractivity contribution in [3.05, 3.63) is 68.1 Å². The normalized spacial score (nSPS) is 15.6. The Labute approximate surface area is 138 Å². The van der Waals surface area contributed by atoms with Crippen LogP contribution in [0.3, 0.4) is 0 Å². The number of benzene rings is 1. The van der Waals surface area contributed by atoms with Crippen LogP contribution in [0.4, 0.5) is 11.4 Å². The predicted octanol–water partition coefficient (Wildman–Crippen LogP) is 2.79. The summed E-state index contributed by atoms with van der Waals surface area (Å²) in [5.74, 6) is 0.487. The van der Waals surface area contributed by atoms with Crippen molar-refractivity contribution in [1.82, 2.24) is 4.57 Å². The Morgan fingerprint density at radius 1 is 1.29 bits per heavy atom. The van der Waals surface area contributed by atoms with Gasteiger partial charge in [0.25, 0.3) is 11.2 Å². The maximum Gasteiger partial charge on any atom is 0.278 e. The number of hydrogen-bond donors (Lipinski definition) is 1. The third-order valence-electron chi connectivity index (χ3n) is 4.27. The van der Waals surface area contributed by atoms with Gasteiger partial charge in [-0.05, 0) is 44.5 Å². The van der Waals surface area contributed by atoms with Crippen LogP contribution in [0.15, 0.2) is 46.9 Å². The van der Waals surface area contributed by atoms with E-state index in [9.17, 15) is 14.9 Å². The summed E-state index contributed by atoms with van der Waals surface area (Å²) in [6.45, 7) is 5.60. The second-order valence-electron chi connectivity index (χ2n) is 6.16. The molecule has 0 aliphatic carbocycles. The van der Waals surface area contributed by atoms with Crippen LogP contribution in [0.1, 0.15) is 26.3 Å². The first-order valence-corrected chi connectivity index (χ1v) is 7.39. The van der Waals surface area contributed by atoms with Crippen LogP contribution in [0.2, 0.25) is 0 Å². The zero-order valence-corrected chi connectivity index (χ0v) is 13.6. The van der Waals surface area contributed by atoms with Gasteiger partial charge in [0, 0.05) is 23.9 Å². The Morgan fingerprint density at radius 2 is 2.00 bits per heavy atom. The molecule has 2 N–H and O–H groups in total. The topological polar surface area (TPSA) is 100 Å². The van der Waals surface area contributed by atoms with Crippen molar-refractivity contribution < 1.29 is 9.66 Å². The molecule has 3 rings (SSSR count). The number of anilines is 1. The number of hydrogen-bond acceptors (Lipinski definition) is 5. The molecule has 0 saturated heterocycles. The molecule has 0 radical (unpaired) electrons. The quantitative estimate of drug-likeness (QED) is 0.675. The number of rotatable bonds is 2. The molecular formula is C17H17N3O4. The lowest BCUT2D eigenvalue weighted by Crippen LogP contribution is -2.36. The van der Waals surface area contributed by atoms with Gasteiger partial charge in [0.15, 0.2) is 0 Å². The number of nitro groups is 1. The highest BCUT2D eigenvalue weighted by Crippen LogP contribution is 2.42. The summed E-state index contributed by atoms with van der Waals surface area (Å²) < 4.78 is 7.38. The number of nitrogens with zero attached hydrogens (tertiary/aromatic N) is 2. The van der Waals surface area contributed by atoms with E-state index in [2.05, 4.69) is 0 Å². The van der Waals surface area contributed by atoms with Gasteiger partial charge in [-0.15, -0.1) is 0 Å². The number of non-ortho nitro benzene ring substituents is 1. The molecule has 24 heavy (non-hydrogen) atoms. The predicted molar refractivity (Wildman–Crippen MR) is 90.9 cm³/mol. The van der Waals surface area contributed by atoms with Crippen LogP contribution in [-0.4, -0.2) is 15.1 Å². The monoisotopic (exact) mass is 327 g/mol. The fourth-order valence-electron chi connectivity index (χ4n) is 2.74. The van der Waals surface area contributed by atoms with Crippen molar-refractivity contribution in [1.29, 1.82) is 0 Å². The third-order valence-corrected chi connectivity index (χ3v) is 4.27. The van der Waals surface area contributed by atoms with Crippen LogP contribution >= 0.6 is 0 Å². The van der Waals surface area contributed by atoms with Crippen LogP contribution in [0, 0.1) is 10.1 Å². The number of aromatic nitrogens is 1. The highest BCUT2D eigenvalue weighted by molar-refractivity contribution is 5.78. The smallest absolute Gasteiger partial charge is 0.278 e. The van der Waals surface area contributed by atoms with Gasteiger partial charge < -0.3 is 10.5 Å². The molecule has 0 amide bonds. The summed E-state index contributed by atoms with van der Waals surface area (Å²) in [5, 5.41) is 11.1. The SMILES string of the molecule is CC1=C(n2cccc(N)c2=O)c2cc([N+](=O)[O-])ccc2OC1(C)C. The lowest BCUT2D eigenvalue weighted by molar-refractivity contribution is -0.384. The first-order valence-electron chi connectivity index (χ1n) is 7.39. The molecular weight excluding hydrogens is 310 g/mol. The summed E-state index contributed by atoms with van der Waals surface area (Å²) in [6.07, 6.45) is 1.60. The minimum Gasteiger partial charge on any atom is -0.483 e. The Kier molecular flexibility index (Phi) is 3.44. The molecule has 0 spiro atoms. The second kappa shape index (κ2) is 5.23. The van der Waals surface area contributed by atoms with E-state index in [1.165, 1.54) is 22.8 Å². The number of fused-ring (bicyclic) bond motifs is 1. The fraction of sp³-hybridized carbons (Fsp3) is 0.235. The molecule has 0 bridgehead atoms.